The van der Waals surface area contributed by atoms with Crippen molar-refractivity contribution in [2.75, 3.05) is 0 Å². The van der Waals surface area contributed by atoms with Gasteiger partial charge in [-0.1, -0.05) is 0 Å². The van der Waals surface area contributed by atoms with Crippen LogP contribution in [0.4, 0.5) is 26.3 Å². The van der Waals surface area contributed by atoms with Gasteiger partial charge in [0.15, 0.2) is 0 Å². The van der Waals surface area contributed by atoms with E-state index >= 15 is 0 Å². The Morgan fingerprint density at radius 2 is 0.949 bits per heavy atom. The fraction of sp³-hybridized carbons (Fsp3) is 0.200. The van der Waals surface area contributed by atoms with Gasteiger partial charge in [0.25, 0.3) is 0 Å². The zero-order valence-corrected chi connectivity index (χ0v) is 22.4. The first-order valence-corrected chi connectivity index (χ1v) is 13.9. The number of benzene rings is 4. The quantitative estimate of drug-likeness (QED) is 0.177. The zero-order valence-electron chi connectivity index (χ0n) is 20.2. The molecule has 0 saturated heterocycles. The summed E-state index contributed by atoms with van der Waals surface area (Å²) in [6, 6.07) is 21.3. The summed E-state index contributed by atoms with van der Waals surface area (Å²) in [5.74, 6) is 0.226. The first kappa shape index (κ1) is 26.0. The van der Waals surface area contributed by atoms with Crippen LogP contribution >= 0.6 is 0 Å². The van der Waals surface area contributed by atoms with E-state index in [4.69, 9.17) is 6.13 Å². The van der Waals surface area contributed by atoms with Crippen molar-refractivity contribution < 1.29 is 54.5 Å². The number of hydrogen-bond donors (Lipinski definition) is 0. The third-order valence-corrected chi connectivity index (χ3v) is 8.27. The molecule has 9 heteroatoms. The van der Waals surface area contributed by atoms with Gasteiger partial charge >= 0.3 is 232 Å². The summed E-state index contributed by atoms with van der Waals surface area (Å²) in [6.45, 7) is 0. The molecule has 202 valence electrons. The molecule has 0 spiro atoms. The molecule has 6 rings (SSSR count). The molecular weight excluding hydrogens is 633 g/mol. The van der Waals surface area contributed by atoms with E-state index in [0.717, 1.165) is 33.4 Å². The van der Waals surface area contributed by atoms with Gasteiger partial charge in [-0.15, -0.1) is 0 Å². The number of hydrogen-bond acceptors (Lipinski definition) is 2. The van der Waals surface area contributed by atoms with Gasteiger partial charge in [-0.05, 0) is 0 Å². The minimum absolute atomic E-state index is 0.0152. The van der Waals surface area contributed by atoms with Gasteiger partial charge in [-0.2, -0.15) is 0 Å². The van der Waals surface area contributed by atoms with Crippen molar-refractivity contribution >= 4 is 0 Å². The van der Waals surface area contributed by atoms with Crippen molar-refractivity contribution in [2.45, 2.75) is 38.0 Å². The second-order valence-corrected chi connectivity index (χ2v) is 10.9. The first-order valence-electron chi connectivity index (χ1n) is 12.2. The number of alkyl halides is 6. The van der Waals surface area contributed by atoms with Crippen molar-refractivity contribution in [3.8, 4) is 33.8 Å². The van der Waals surface area contributed by atoms with Crippen LogP contribution in [0.5, 0.6) is 11.5 Å². The van der Waals surface area contributed by atoms with Crippen LogP contribution in [0.3, 0.4) is 0 Å². The Morgan fingerprint density at radius 1 is 0.538 bits per heavy atom. The molecule has 0 N–H and O–H groups in total. The Bertz CT molecular complexity index is 1460. The summed E-state index contributed by atoms with van der Waals surface area (Å²) in [6.07, 6.45) is -10.4. The van der Waals surface area contributed by atoms with Crippen LogP contribution < -0.4 is 28.2 Å². The van der Waals surface area contributed by atoms with Gasteiger partial charge in [-0.3, -0.25) is 0 Å². The minimum atomic E-state index is -4.46. The molecule has 39 heavy (non-hydrogen) atoms. The van der Waals surface area contributed by atoms with E-state index in [0.29, 0.717) is 24.0 Å². The maximum absolute atomic E-state index is 13.4. The third-order valence-electron chi connectivity index (χ3n) is 7.03. The van der Waals surface area contributed by atoms with Crippen LogP contribution in [0.15, 0.2) is 72.8 Å². The van der Waals surface area contributed by atoms with E-state index in [9.17, 15) is 26.3 Å². The summed E-state index contributed by atoms with van der Waals surface area (Å²) in [5.41, 5.74) is 6.66. The fourth-order valence-electron chi connectivity index (χ4n) is 5.44. The van der Waals surface area contributed by atoms with Gasteiger partial charge in [0.2, 0.25) is 0 Å². The monoisotopic (exact) mass is 653 g/mol. The van der Waals surface area contributed by atoms with Crippen molar-refractivity contribution in [1.82, 2.24) is 0 Å². The van der Waals surface area contributed by atoms with Crippen molar-refractivity contribution in [3.63, 3.8) is 0 Å². The molecule has 0 aromatic heterocycles. The molecule has 0 aliphatic heterocycles. The van der Waals surface area contributed by atoms with E-state index < -0.39 is 47.2 Å². The van der Waals surface area contributed by atoms with Gasteiger partial charge < -0.3 is 0 Å². The summed E-state index contributed by atoms with van der Waals surface area (Å²) in [5, 5.41) is 0. The molecule has 0 heterocycles. The predicted octanol–water partition coefficient (Wildman–Crippen LogP) is 5.42. The Balaban J connectivity index is 1.34. The topological polar surface area (TPSA) is 18.5 Å². The van der Waals surface area contributed by atoms with Crippen LogP contribution in [0.1, 0.15) is 33.4 Å². The fourth-order valence-corrected chi connectivity index (χ4v) is 6.99. The predicted molar refractivity (Wildman–Crippen MR) is 130 cm³/mol. The molecule has 0 atom stereocenters. The zero-order chi connectivity index (χ0) is 27.4. The van der Waals surface area contributed by atoms with Crippen LogP contribution in [-0.2, 0) is 25.7 Å². The van der Waals surface area contributed by atoms with Gasteiger partial charge in [0.05, 0.1) is 0 Å². The number of rotatable bonds is 6. The van der Waals surface area contributed by atoms with Gasteiger partial charge in [0, 0.05) is 0 Å². The third kappa shape index (κ3) is 5.20. The molecule has 0 radical (unpaired) electrons. The molecule has 0 fully saturated rings. The molecule has 2 aliphatic rings. The Hall–Kier alpha value is -3.21. The van der Waals surface area contributed by atoms with Crippen LogP contribution in [-0.4, -0.2) is 12.4 Å². The van der Waals surface area contributed by atoms with Crippen molar-refractivity contribution in [1.29, 1.82) is 0 Å². The van der Waals surface area contributed by atoms with Gasteiger partial charge in [0.1, 0.15) is 0 Å². The average molecular weight is 653 g/mol. The summed E-state index contributed by atoms with van der Waals surface area (Å²) in [4.78, 5) is 0. The van der Waals surface area contributed by atoms with Crippen molar-refractivity contribution in [2.24, 2.45) is 0 Å². The van der Waals surface area contributed by atoms with Crippen LogP contribution in [0.2, 0.25) is 0 Å². The SMILES string of the molecule is FC(F)(F)Cc1ccc2c(c1O[I-]Oc1c(CC(F)(F)F)ccc3c1Cc1ccccc1-3)Cc1ccccc1-2. The number of fused-ring (bicyclic) bond motifs is 6. The molecule has 0 saturated carbocycles. The standard InChI is InChI=1S/C30H20F6IO2/c31-29(32,33)15-19-9-11-23-21-7-3-1-5-17(21)13-25(23)27(19)38-37-39-28-20(16-30(34,35)36)10-12-24-22-8-4-2-6-18(22)14-26(24)28/h1-12H,13-16H2/q-1. The van der Waals surface area contributed by atoms with Crippen molar-refractivity contribution in [3.05, 3.63) is 106 Å². The average Bonchev–Trinajstić information content (AvgIpc) is 3.43. The first-order chi connectivity index (χ1) is 18.6. The van der Waals surface area contributed by atoms with Gasteiger partial charge in [-0.25, -0.2) is 0 Å². The molecule has 2 nitrogen and oxygen atoms in total. The Morgan fingerprint density at radius 3 is 1.36 bits per heavy atom. The molecule has 0 amide bonds. The van der Waals surface area contributed by atoms with E-state index in [1.165, 1.54) is 12.1 Å². The second kappa shape index (κ2) is 9.76. The molecule has 4 aromatic rings. The molecule has 0 bridgehead atoms. The maximum atomic E-state index is 13.4. The Kier molecular flexibility index (Phi) is 6.52. The van der Waals surface area contributed by atoms with E-state index in [1.54, 1.807) is 12.1 Å². The second-order valence-electron chi connectivity index (χ2n) is 9.63. The molecular formula is C30H20F6IO2-. The Labute approximate surface area is 231 Å². The normalized spacial score (nSPS) is 13.6. The van der Waals surface area contributed by atoms with E-state index in [1.807, 2.05) is 48.5 Å². The number of halogens is 7. The van der Waals surface area contributed by atoms with E-state index in [-0.39, 0.29) is 22.6 Å². The summed E-state index contributed by atoms with van der Waals surface area (Å²) in [7, 11) is 0. The summed E-state index contributed by atoms with van der Waals surface area (Å²) < 4.78 is 92.6. The summed E-state index contributed by atoms with van der Waals surface area (Å²) >= 11 is -1.76. The molecule has 4 aromatic carbocycles. The molecule has 2 aliphatic carbocycles. The van der Waals surface area contributed by atoms with Crippen LogP contribution in [0, 0.1) is 0 Å². The molecule has 0 unspecified atom stereocenters. The van der Waals surface area contributed by atoms with E-state index in [2.05, 4.69) is 0 Å². The van der Waals surface area contributed by atoms with Crippen LogP contribution in [0.25, 0.3) is 22.3 Å².